The van der Waals surface area contributed by atoms with Gasteiger partial charge in [-0.25, -0.2) is 9.79 Å². The molecular formula is C33H26Cl2N6O5S2. The molecule has 0 aliphatic carbocycles. The van der Waals surface area contributed by atoms with Crippen LogP contribution in [0.2, 0.25) is 10.0 Å². The number of non-ortho nitro benzene ring substituents is 1. The molecule has 0 spiro atoms. The van der Waals surface area contributed by atoms with Gasteiger partial charge in [0.25, 0.3) is 11.2 Å². The van der Waals surface area contributed by atoms with E-state index in [0.717, 1.165) is 16.9 Å². The van der Waals surface area contributed by atoms with E-state index in [1.807, 2.05) is 23.6 Å². The summed E-state index contributed by atoms with van der Waals surface area (Å²) in [6.45, 7) is 6.06. The van der Waals surface area contributed by atoms with E-state index >= 15 is 0 Å². The lowest BCUT2D eigenvalue weighted by molar-refractivity contribution is -0.384. The first-order chi connectivity index (χ1) is 23.1. The topological polar surface area (TPSA) is 135 Å². The van der Waals surface area contributed by atoms with E-state index < -0.39 is 22.5 Å². The highest BCUT2D eigenvalue weighted by molar-refractivity contribution is 7.99. The number of aromatic nitrogens is 4. The lowest BCUT2D eigenvalue weighted by Gasteiger charge is -2.24. The number of esters is 1. The van der Waals surface area contributed by atoms with Crippen molar-refractivity contribution in [3.63, 3.8) is 0 Å². The van der Waals surface area contributed by atoms with Crippen molar-refractivity contribution in [3.05, 3.63) is 129 Å². The van der Waals surface area contributed by atoms with Gasteiger partial charge in [0, 0.05) is 39.2 Å². The van der Waals surface area contributed by atoms with E-state index in [0.29, 0.717) is 54.1 Å². The van der Waals surface area contributed by atoms with Crippen molar-refractivity contribution in [2.45, 2.75) is 43.4 Å². The molecule has 15 heteroatoms. The van der Waals surface area contributed by atoms with Crippen LogP contribution in [0, 0.1) is 10.1 Å². The van der Waals surface area contributed by atoms with Crippen LogP contribution in [-0.4, -0.2) is 36.8 Å². The molecule has 3 heterocycles. The van der Waals surface area contributed by atoms with Crippen LogP contribution >= 0.6 is 46.3 Å². The van der Waals surface area contributed by atoms with Gasteiger partial charge in [-0.2, -0.15) is 0 Å². The van der Waals surface area contributed by atoms with E-state index in [1.54, 1.807) is 62.4 Å². The van der Waals surface area contributed by atoms with Crippen LogP contribution in [0.5, 0.6) is 0 Å². The molecule has 0 saturated heterocycles. The average molecular weight is 722 g/mol. The largest absolute Gasteiger partial charge is 0.463 e. The summed E-state index contributed by atoms with van der Waals surface area (Å²) in [5, 5.41) is 22.2. The summed E-state index contributed by atoms with van der Waals surface area (Å²) in [5.74, 6) is 0.0387. The van der Waals surface area contributed by atoms with Gasteiger partial charge in [0.05, 0.1) is 33.4 Å². The summed E-state index contributed by atoms with van der Waals surface area (Å²) < 4.78 is 9.00. The van der Waals surface area contributed by atoms with E-state index in [4.69, 9.17) is 27.9 Å². The second-order valence-electron chi connectivity index (χ2n) is 10.5. The van der Waals surface area contributed by atoms with Gasteiger partial charge in [0.15, 0.2) is 15.8 Å². The first-order valence-electron chi connectivity index (χ1n) is 14.7. The number of ether oxygens (including phenoxy) is 1. The maximum atomic E-state index is 14.2. The zero-order valence-corrected chi connectivity index (χ0v) is 28.9. The van der Waals surface area contributed by atoms with Gasteiger partial charge in [-0.15, -0.1) is 10.2 Å². The van der Waals surface area contributed by atoms with Crippen LogP contribution in [0.15, 0.2) is 97.8 Å². The third kappa shape index (κ3) is 6.46. The van der Waals surface area contributed by atoms with Crippen LogP contribution in [0.3, 0.4) is 0 Å². The summed E-state index contributed by atoms with van der Waals surface area (Å²) in [5.41, 5.74) is 1.96. The van der Waals surface area contributed by atoms with Gasteiger partial charge >= 0.3 is 5.97 Å². The lowest BCUT2D eigenvalue weighted by atomic mass is 9.96. The number of nitro benzene ring substituents is 1. The fraction of sp³-hybridized carbons (Fsp3) is 0.182. The Balaban J connectivity index is 1.49. The Bertz CT molecular complexity index is 2300. The number of benzene rings is 3. The molecule has 244 valence electrons. The molecule has 0 saturated carbocycles. The van der Waals surface area contributed by atoms with Crippen LogP contribution in [0.25, 0.3) is 17.5 Å². The molecular weight excluding hydrogens is 695 g/mol. The molecule has 3 aromatic carbocycles. The van der Waals surface area contributed by atoms with E-state index in [2.05, 4.69) is 15.2 Å². The van der Waals surface area contributed by atoms with Crippen molar-refractivity contribution in [3.8, 4) is 11.4 Å². The maximum Gasteiger partial charge on any atom is 0.338 e. The smallest absolute Gasteiger partial charge is 0.338 e. The van der Waals surface area contributed by atoms with Gasteiger partial charge in [-0.1, -0.05) is 58.8 Å². The fourth-order valence-corrected chi connectivity index (χ4v) is 7.67. The van der Waals surface area contributed by atoms with Gasteiger partial charge in [0.1, 0.15) is 0 Å². The monoisotopic (exact) mass is 720 g/mol. The van der Waals surface area contributed by atoms with Gasteiger partial charge in [0.2, 0.25) is 0 Å². The normalized spacial score (nSPS) is 14.5. The van der Waals surface area contributed by atoms with Crippen molar-refractivity contribution in [1.82, 2.24) is 19.3 Å². The second kappa shape index (κ2) is 13.9. The number of rotatable bonds is 9. The van der Waals surface area contributed by atoms with Crippen LogP contribution in [0.4, 0.5) is 5.69 Å². The zero-order valence-electron chi connectivity index (χ0n) is 25.7. The van der Waals surface area contributed by atoms with Crippen molar-refractivity contribution in [1.29, 1.82) is 0 Å². The molecule has 11 nitrogen and oxygen atoms in total. The Morgan fingerprint density at radius 3 is 2.54 bits per heavy atom. The minimum Gasteiger partial charge on any atom is -0.463 e. The quantitative estimate of drug-likeness (QED) is 0.0965. The van der Waals surface area contributed by atoms with Crippen molar-refractivity contribution in [2.75, 3.05) is 6.61 Å². The highest BCUT2D eigenvalue weighted by atomic mass is 35.5. The molecule has 0 fully saturated rings. The zero-order chi connectivity index (χ0) is 34.1. The van der Waals surface area contributed by atoms with Gasteiger partial charge < -0.3 is 9.30 Å². The first-order valence-corrected chi connectivity index (χ1v) is 17.1. The number of allylic oxidation sites excluding steroid dienone is 1. The number of hydrogen-bond donors (Lipinski definition) is 0. The predicted molar refractivity (Wildman–Crippen MR) is 185 cm³/mol. The van der Waals surface area contributed by atoms with Gasteiger partial charge in [-0.3, -0.25) is 19.5 Å². The summed E-state index contributed by atoms with van der Waals surface area (Å²) in [6.07, 6.45) is 1.60. The van der Waals surface area contributed by atoms with Crippen molar-refractivity contribution < 1.29 is 14.5 Å². The number of nitro groups is 1. The maximum absolute atomic E-state index is 14.2. The molecule has 6 rings (SSSR count). The molecule has 0 N–H and O–H groups in total. The number of carbonyl (C=O) groups excluding carboxylic acids is 1. The van der Waals surface area contributed by atoms with E-state index in [-0.39, 0.29) is 22.4 Å². The average Bonchev–Trinajstić information content (AvgIpc) is 3.61. The minimum atomic E-state index is -0.827. The highest BCUT2D eigenvalue weighted by Gasteiger charge is 2.33. The number of thiazole rings is 1. The molecule has 0 bridgehead atoms. The Labute approximate surface area is 292 Å². The SMILES string of the molecule is CCOC(=O)C1=C(C)N=c2s/c(=C/c3cc([N+](=O)[O-])ccc3Sc3nnc(-c4cccc(Cl)c4)n3CC)c(=O)n2[C@@H]1c1ccc(Cl)cc1. The molecule has 0 amide bonds. The molecule has 1 aliphatic rings. The number of carbonyl (C=O) groups is 1. The molecule has 48 heavy (non-hydrogen) atoms. The third-order valence-corrected chi connectivity index (χ3v) is 10.1. The summed E-state index contributed by atoms with van der Waals surface area (Å²) in [7, 11) is 0. The number of halogens is 2. The predicted octanol–water partition coefficient (Wildman–Crippen LogP) is 6.44. The number of fused-ring (bicyclic) bond motifs is 1. The van der Waals surface area contributed by atoms with Crippen molar-refractivity contribution >= 4 is 64.0 Å². The number of nitrogens with zero attached hydrogens (tertiary/aromatic N) is 6. The summed E-state index contributed by atoms with van der Waals surface area (Å²) in [6, 6.07) is 17.8. The van der Waals surface area contributed by atoms with Crippen molar-refractivity contribution in [2.24, 2.45) is 4.99 Å². The van der Waals surface area contributed by atoms with E-state index in [9.17, 15) is 19.7 Å². The number of hydrogen-bond acceptors (Lipinski definition) is 10. The minimum absolute atomic E-state index is 0.144. The Morgan fingerprint density at radius 1 is 1.08 bits per heavy atom. The molecule has 5 aromatic rings. The fourth-order valence-electron chi connectivity index (χ4n) is 5.34. The van der Waals surface area contributed by atoms with Gasteiger partial charge in [-0.05, 0) is 80.1 Å². The van der Waals surface area contributed by atoms with E-state index in [1.165, 1.54) is 28.5 Å². The molecule has 0 unspecified atom stereocenters. The Morgan fingerprint density at radius 2 is 1.85 bits per heavy atom. The molecule has 0 radical (unpaired) electrons. The summed E-state index contributed by atoms with van der Waals surface area (Å²) in [4.78, 5) is 44.3. The third-order valence-electron chi connectivity index (χ3n) is 7.51. The first kappa shape index (κ1) is 33.3. The van der Waals surface area contributed by atoms with Crippen LogP contribution < -0.4 is 14.9 Å². The van der Waals surface area contributed by atoms with Crippen LogP contribution in [-0.2, 0) is 16.1 Å². The highest BCUT2D eigenvalue weighted by Crippen LogP contribution is 2.35. The second-order valence-corrected chi connectivity index (χ2v) is 13.4. The summed E-state index contributed by atoms with van der Waals surface area (Å²) >= 11 is 14.8. The lowest BCUT2D eigenvalue weighted by Crippen LogP contribution is -2.39. The molecule has 1 aliphatic heterocycles. The Kier molecular flexibility index (Phi) is 9.65. The standard InChI is InChI=1S/C33H26Cl2N6O5S2/c1-4-39-29(20-7-6-8-23(35)15-20)37-38-33(39)47-25-14-13-24(41(44)45)16-21(25)17-26-30(42)40-28(19-9-11-22(34)12-10-19)27(31(43)46-5-2)18(3)36-32(40)48-26/h6-17,28H,4-5H2,1-3H3/b26-17+/t28-/m1/s1. The Hall–Kier alpha value is -4.56. The molecule has 1 atom stereocenters. The molecule has 2 aromatic heterocycles. The van der Waals surface area contributed by atoms with Crippen LogP contribution in [0.1, 0.15) is 37.9 Å².